The number of carbonyl (C=O) groups is 1. The zero-order valence-corrected chi connectivity index (χ0v) is 17.7. The van der Waals surface area contributed by atoms with Crippen molar-refractivity contribution in [1.82, 2.24) is 14.8 Å². The minimum Gasteiger partial charge on any atom is -0.497 e. The third-order valence-corrected chi connectivity index (χ3v) is 5.29. The van der Waals surface area contributed by atoms with Crippen LogP contribution in [0.3, 0.4) is 0 Å². The van der Waals surface area contributed by atoms with Crippen LogP contribution < -0.4 is 14.8 Å². The number of ether oxygens (including phenoxy) is 2. The molecular formula is C21H24N4O3S. The highest BCUT2D eigenvalue weighted by Crippen LogP contribution is 2.28. The van der Waals surface area contributed by atoms with Crippen LogP contribution in [0.5, 0.6) is 11.5 Å². The maximum Gasteiger partial charge on any atom is 0.234 e. The topological polar surface area (TPSA) is 78.3 Å². The number of benzene rings is 2. The SMILES string of the molecule is CCn1c(SCC(=O)Nc2cc(C)ccc2OC)nnc1-c1cccc(OC)c1. The molecule has 0 atom stereocenters. The summed E-state index contributed by atoms with van der Waals surface area (Å²) in [5, 5.41) is 12.2. The Morgan fingerprint density at radius 2 is 1.97 bits per heavy atom. The predicted molar refractivity (Wildman–Crippen MR) is 115 cm³/mol. The van der Waals surface area contributed by atoms with Crippen LogP contribution in [0.15, 0.2) is 47.6 Å². The molecule has 8 heteroatoms. The number of amides is 1. The van der Waals surface area contributed by atoms with Gasteiger partial charge in [0.2, 0.25) is 5.91 Å². The summed E-state index contributed by atoms with van der Waals surface area (Å²) in [7, 11) is 3.21. The number of nitrogens with zero attached hydrogens (tertiary/aromatic N) is 3. The lowest BCUT2D eigenvalue weighted by Gasteiger charge is -2.11. The van der Waals surface area contributed by atoms with Gasteiger partial charge in [0.15, 0.2) is 11.0 Å². The summed E-state index contributed by atoms with van der Waals surface area (Å²) in [5.41, 5.74) is 2.62. The zero-order chi connectivity index (χ0) is 20.8. The van der Waals surface area contributed by atoms with E-state index < -0.39 is 0 Å². The van der Waals surface area contributed by atoms with E-state index in [2.05, 4.69) is 15.5 Å². The van der Waals surface area contributed by atoms with Crippen molar-refractivity contribution in [2.45, 2.75) is 25.5 Å². The Kier molecular flexibility index (Phi) is 6.77. The fourth-order valence-corrected chi connectivity index (χ4v) is 3.69. The van der Waals surface area contributed by atoms with Gasteiger partial charge in [0, 0.05) is 12.1 Å². The van der Waals surface area contributed by atoms with E-state index >= 15 is 0 Å². The number of carbonyl (C=O) groups excluding carboxylic acids is 1. The number of anilines is 1. The van der Waals surface area contributed by atoms with Gasteiger partial charge in [-0.3, -0.25) is 4.79 Å². The largest absolute Gasteiger partial charge is 0.497 e. The summed E-state index contributed by atoms with van der Waals surface area (Å²) in [4.78, 5) is 12.5. The average Bonchev–Trinajstić information content (AvgIpc) is 3.15. The Balaban J connectivity index is 1.72. The van der Waals surface area contributed by atoms with Crippen LogP contribution in [0, 0.1) is 6.92 Å². The van der Waals surface area contributed by atoms with Gasteiger partial charge in [-0.1, -0.05) is 30.0 Å². The van der Waals surface area contributed by atoms with Gasteiger partial charge < -0.3 is 19.4 Å². The first-order valence-electron chi connectivity index (χ1n) is 9.20. The lowest BCUT2D eigenvalue weighted by atomic mass is 10.2. The first kappa shape index (κ1) is 20.7. The van der Waals surface area contributed by atoms with Gasteiger partial charge in [-0.2, -0.15) is 0 Å². The lowest BCUT2D eigenvalue weighted by Crippen LogP contribution is -2.15. The van der Waals surface area contributed by atoms with Crippen molar-refractivity contribution in [3.63, 3.8) is 0 Å². The van der Waals surface area contributed by atoms with Gasteiger partial charge in [-0.15, -0.1) is 10.2 Å². The zero-order valence-electron chi connectivity index (χ0n) is 16.9. The highest BCUT2D eigenvalue weighted by molar-refractivity contribution is 7.99. The van der Waals surface area contributed by atoms with E-state index in [4.69, 9.17) is 9.47 Å². The fraction of sp³-hybridized carbons (Fsp3) is 0.286. The summed E-state index contributed by atoms with van der Waals surface area (Å²) in [6.45, 7) is 4.68. The Morgan fingerprint density at radius 3 is 2.69 bits per heavy atom. The van der Waals surface area contributed by atoms with Crippen molar-refractivity contribution < 1.29 is 14.3 Å². The van der Waals surface area contributed by atoms with Crippen molar-refractivity contribution in [3.8, 4) is 22.9 Å². The number of rotatable bonds is 8. The number of aryl methyl sites for hydroxylation is 1. The molecule has 0 aliphatic carbocycles. The molecule has 1 amide bonds. The lowest BCUT2D eigenvalue weighted by molar-refractivity contribution is -0.113. The van der Waals surface area contributed by atoms with Crippen LogP contribution in [0.1, 0.15) is 12.5 Å². The molecule has 0 bridgehead atoms. The van der Waals surface area contributed by atoms with Crippen molar-refractivity contribution in [2.75, 3.05) is 25.3 Å². The molecule has 2 aromatic carbocycles. The number of hydrogen-bond acceptors (Lipinski definition) is 6. The Bertz CT molecular complexity index is 1000. The van der Waals surface area contributed by atoms with Crippen LogP contribution in [0.4, 0.5) is 5.69 Å². The maximum atomic E-state index is 12.5. The van der Waals surface area contributed by atoms with E-state index in [1.165, 1.54) is 11.8 Å². The molecule has 1 N–H and O–H groups in total. The monoisotopic (exact) mass is 412 g/mol. The second kappa shape index (κ2) is 9.47. The minimum atomic E-state index is -0.132. The van der Waals surface area contributed by atoms with E-state index in [-0.39, 0.29) is 11.7 Å². The van der Waals surface area contributed by atoms with E-state index in [0.717, 1.165) is 22.7 Å². The molecule has 1 heterocycles. The second-order valence-corrected chi connectivity index (χ2v) is 7.27. The summed E-state index contributed by atoms with van der Waals surface area (Å²) in [6.07, 6.45) is 0. The molecule has 0 saturated heterocycles. The molecule has 0 spiro atoms. The number of methoxy groups -OCH3 is 2. The second-order valence-electron chi connectivity index (χ2n) is 6.32. The third-order valence-electron chi connectivity index (χ3n) is 4.32. The number of hydrogen-bond donors (Lipinski definition) is 1. The minimum absolute atomic E-state index is 0.132. The van der Waals surface area contributed by atoms with Gasteiger partial charge in [0.25, 0.3) is 0 Å². The molecule has 152 valence electrons. The van der Waals surface area contributed by atoms with E-state index in [0.29, 0.717) is 23.1 Å². The standard InChI is InChI=1S/C21H24N4O3S/c1-5-25-20(15-7-6-8-16(12-15)27-3)23-24-21(25)29-13-19(26)22-17-11-14(2)9-10-18(17)28-4/h6-12H,5,13H2,1-4H3,(H,22,26). The van der Waals surface area contributed by atoms with Gasteiger partial charge in [-0.05, 0) is 43.7 Å². The molecule has 29 heavy (non-hydrogen) atoms. The smallest absolute Gasteiger partial charge is 0.234 e. The third kappa shape index (κ3) is 4.89. The highest BCUT2D eigenvalue weighted by atomic mass is 32.2. The molecule has 0 fully saturated rings. The van der Waals surface area contributed by atoms with Gasteiger partial charge in [-0.25, -0.2) is 0 Å². The summed E-state index contributed by atoms with van der Waals surface area (Å²) in [5.74, 6) is 2.22. The molecule has 3 aromatic rings. The molecule has 0 saturated carbocycles. The first-order valence-corrected chi connectivity index (χ1v) is 10.2. The molecule has 3 rings (SSSR count). The van der Waals surface area contributed by atoms with Crippen LogP contribution in [-0.4, -0.2) is 40.6 Å². The molecule has 0 radical (unpaired) electrons. The first-order chi connectivity index (χ1) is 14.0. The summed E-state index contributed by atoms with van der Waals surface area (Å²) < 4.78 is 12.6. The molecular weight excluding hydrogens is 388 g/mol. The van der Waals surface area contributed by atoms with E-state index in [1.54, 1.807) is 14.2 Å². The number of aromatic nitrogens is 3. The molecule has 0 unspecified atom stereocenters. The van der Waals surface area contributed by atoms with Crippen molar-refractivity contribution in [1.29, 1.82) is 0 Å². The highest BCUT2D eigenvalue weighted by Gasteiger charge is 2.16. The number of thioether (sulfide) groups is 1. The van der Waals surface area contributed by atoms with Gasteiger partial charge >= 0.3 is 0 Å². The molecule has 7 nitrogen and oxygen atoms in total. The fourth-order valence-electron chi connectivity index (χ4n) is 2.89. The van der Waals surface area contributed by atoms with Crippen LogP contribution >= 0.6 is 11.8 Å². The maximum absolute atomic E-state index is 12.5. The van der Waals surface area contributed by atoms with Gasteiger partial charge in [0.05, 0.1) is 25.7 Å². The van der Waals surface area contributed by atoms with Crippen molar-refractivity contribution in [3.05, 3.63) is 48.0 Å². The van der Waals surface area contributed by atoms with Crippen LogP contribution in [-0.2, 0) is 11.3 Å². The van der Waals surface area contributed by atoms with E-state index in [9.17, 15) is 4.79 Å². The summed E-state index contributed by atoms with van der Waals surface area (Å²) in [6, 6.07) is 13.3. The van der Waals surface area contributed by atoms with E-state index in [1.807, 2.05) is 60.9 Å². The predicted octanol–water partition coefficient (Wildman–Crippen LogP) is 4.02. The normalized spacial score (nSPS) is 10.6. The molecule has 0 aliphatic rings. The van der Waals surface area contributed by atoms with Gasteiger partial charge in [0.1, 0.15) is 11.5 Å². The Morgan fingerprint density at radius 1 is 1.14 bits per heavy atom. The summed E-state index contributed by atoms with van der Waals surface area (Å²) >= 11 is 1.35. The van der Waals surface area contributed by atoms with Crippen molar-refractivity contribution in [2.24, 2.45) is 0 Å². The molecule has 0 aliphatic heterocycles. The van der Waals surface area contributed by atoms with Crippen molar-refractivity contribution >= 4 is 23.4 Å². The Hall–Kier alpha value is -3.00. The van der Waals surface area contributed by atoms with Crippen LogP contribution in [0.25, 0.3) is 11.4 Å². The molecule has 1 aromatic heterocycles. The number of nitrogens with one attached hydrogen (secondary N) is 1. The Labute approximate surface area is 174 Å². The van der Waals surface area contributed by atoms with Crippen LogP contribution in [0.2, 0.25) is 0 Å². The quantitative estimate of drug-likeness (QED) is 0.563. The average molecular weight is 413 g/mol.